The van der Waals surface area contributed by atoms with E-state index >= 15 is 0 Å². The number of methoxy groups -OCH3 is 1. The Morgan fingerprint density at radius 2 is 2.10 bits per heavy atom. The second kappa shape index (κ2) is 3.35. The van der Waals surface area contributed by atoms with Crippen molar-refractivity contribution in [1.82, 2.24) is 0 Å². The molecule has 0 saturated heterocycles. The van der Waals surface area contributed by atoms with E-state index in [0.717, 1.165) is 18.8 Å². The third kappa shape index (κ3) is 1.70. The minimum Gasteiger partial charge on any atom is -0.380 e. The van der Waals surface area contributed by atoms with E-state index in [1.165, 1.54) is 6.42 Å². The van der Waals surface area contributed by atoms with Crippen LogP contribution in [0.25, 0.3) is 0 Å². The first-order chi connectivity index (χ1) is 4.74. The van der Waals surface area contributed by atoms with Gasteiger partial charge < -0.3 is 10.5 Å². The minimum atomic E-state index is 0.279. The molecule has 60 valence electrons. The van der Waals surface area contributed by atoms with Crippen LogP contribution in [0.1, 0.15) is 26.2 Å². The van der Waals surface area contributed by atoms with Gasteiger partial charge in [-0.1, -0.05) is 6.92 Å². The van der Waals surface area contributed by atoms with Crippen LogP contribution < -0.4 is 5.73 Å². The highest BCUT2D eigenvalue weighted by Crippen LogP contribution is 2.24. The summed E-state index contributed by atoms with van der Waals surface area (Å²) in [7, 11) is 1.75. The van der Waals surface area contributed by atoms with Crippen molar-refractivity contribution in [3.05, 3.63) is 0 Å². The molecule has 2 N–H and O–H groups in total. The zero-order valence-corrected chi connectivity index (χ0v) is 6.84. The third-order valence-corrected chi connectivity index (χ3v) is 2.41. The van der Waals surface area contributed by atoms with Crippen molar-refractivity contribution < 1.29 is 4.74 Å². The maximum atomic E-state index is 5.83. The highest BCUT2D eigenvalue weighted by atomic mass is 16.5. The molecular formula is C8H17NO. The highest BCUT2D eigenvalue weighted by molar-refractivity contribution is 4.81. The Morgan fingerprint density at radius 1 is 1.40 bits per heavy atom. The van der Waals surface area contributed by atoms with E-state index in [0.29, 0.717) is 6.10 Å². The van der Waals surface area contributed by atoms with Gasteiger partial charge in [-0.25, -0.2) is 0 Å². The predicted octanol–water partition coefficient (Wildman–Crippen LogP) is 1.15. The van der Waals surface area contributed by atoms with E-state index in [1.807, 2.05) is 0 Å². The molecule has 1 aliphatic carbocycles. The van der Waals surface area contributed by atoms with E-state index in [1.54, 1.807) is 7.11 Å². The van der Waals surface area contributed by atoms with E-state index in [2.05, 4.69) is 6.92 Å². The quantitative estimate of drug-likeness (QED) is 0.597. The third-order valence-electron chi connectivity index (χ3n) is 2.41. The van der Waals surface area contributed by atoms with Crippen molar-refractivity contribution in [2.45, 2.75) is 38.3 Å². The van der Waals surface area contributed by atoms with Crippen LogP contribution in [0.15, 0.2) is 0 Å². The van der Waals surface area contributed by atoms with E-state index < -0.39 is 0 Å². The zero-order chi connectivity index (χ0) is 7.56. The Kier molecular flexibility index (Phi) is 2.69. The molecular weight excluding hydrogens is 126 g/mol. The molecule has 1 rings (SSSR count). The first kappa shape index (κ1) is 8.02. The molecule has 2 nitrogen and oxygen atoms in total. The fourth-order valence-electron chi connectivity index (χ4n) is 1.62. The van der Waals surface area contributed by atoms with Crippen molar-refractivity contribution in [3.63, 3.8) is 0 Å². The lowest BCUT2D eigenvalue weighted by Gasteiger charge is -2.31. The van der Waals surface area contributed by atoms with Crippen LogP contribution in [0.4, 0.5) is 0 Å². The van der Waals surface area contributed by atoms with Crippen LogP contribution in [-0.2, 0) is 4.74 Å². The molecule has 0 aromatic carbocycles. The van der Waals surface area contributed by atoms with Crippen LogP contribution in [0.3, 0.4) is 0 Å². The fourth-order valence-corrected chi connectivity index (χ4v) is 1.62. The Labute approximate surface area is 62.7 Å². The summed E-state index contributed by atoms with van der Waals surface area (Å²) in [5.74, 6) is 0.796. The Morgan fingerprint density at radius 3 is 2.60 bits per heavy atom. The van der Waals surface area contributed by atoms with Gasteiger partial charge in [0.25, 0.3) is 0 Å². The van der Waals surface area contributed by atoms with Crippen molar-refractivity contribution in [1.29, 1.82) is 0 Å². The summed E-state index contributed by atoms with van der Waals surface area (Å²) in [6, 6.07) is 0.279. The van der Waals surface area contributed by atoms with Gasteiger partial charge in [-0.05, 0) is 25.2 Å². The van der Waals surface area contributed by atoms with Gasteiger partial charge in [0.15, 0.2) is 0 Å². The number of rotatable bonds is 1. The SMILES string of the molecule is COC1CC(C)CCC1N. The number of hydrogen-bond acceptors (Lipinski definition) is 2. The summed E-state index contributed by atoms with van der Waals surface area (Å²) < 4.78 is 5.25. The molecule has 0 amide bonds. The van der Waals surface area contributed by atoms with Crippen LogP contribution >= 0.6 is 0 Å². The molecule has 3 atom stereocenters. The van der Waals surface area contributed by atoms with Crippen LogP contribution in [0.5, 0.6) is 0 Å². The van der Waals surface area contributed by atoms with Gasteiger partial charge in [0.1, 0.15) is 0 Å². The number of nitrogens with two attached hydrogens (primary N) is 1. The van der Waals surface area contributed by atoms with Gasteiger partial charge in [-0.2, -0.15) is 0 Å². The molecule has 1 saturated carbocycles. The van der Waals surface area contributed by atoms with Crippen molar-refractivity contribution in [3.8, 4) is 0 Å². The fraction of sp³-hybridized carbons (Fsp3) is 1.00. The Bertz CT molecular complexity index is 105. The molecule has 0 heterocycles. The second-order valence-electron chi connectivity index (χ2n) is 3.36. The van der Waals surface area contributed by atoms with Crippen molar-refractivity contribution in [2.24, 2.45) is 11.7 Å². The maximum Gasteiger partial charge on any atom is 0.0724 e. The van der Waals surface area contributed by atoms with Gasteiger partial charge in [0.05, 0.1) is 6.10 Å². The largest absolute Gasteiger partial charge is 0.380 e. The van der Waals surface area contributed by atoms with Crippen molar-refractivity contribution in [2.75, 3.05) is 7.11 Å². The predicted molar refractivity (Wildman–Crippen MR) is 41.8 cm³/mol. The van der Waals surface area contributed by atoms with E-state index in [4.69, 9.17) is 10.5 Å². The number of hydrogen-bond donors (Lipinski definition) is 1. The summed E-state index contributed by atoms with van der Waals surface area (Å²) in [4.78, 5) is 0. The average Bonchev–Trinajstić information content (AvgIpc) is 1.94. The summed E-state index contributed by atoms with van der Waals surface area (Å²) in [6.07, 6.45) is 3.84. The Hall–Kier alpha value is -0.0800. The molecule has 1 aliphatic rings. The van der Waals surface area contributed by atoms with Gasteiger partial charge in [0, 0.05) is 13.2 Å². The van der Waals surface area contributed by atoms with Crippen LogP contribution in [-0.4, -0.2) is 19.3 Å². The van der Waals surface area contributed by atoms with Gasteiger partial charge in [0.2, 0.25) is 0 Å². The first-order valence-electron chi connectivity index (χ1n) is 4.02. The topological polar surface area (TPSA) is 35.2 Å². The average molecular weight is 143 g/mol. The monoisotopic (exact) mass is 143 g/mol. The smallest absolute Gasteiger partial charge is 0.0724 e. The summed E-state index contributed by atoms with van der Waals surface area (Å²) in [5, 5.41) is 0. The lowest BCUT2D eigenvalue weighted by atomic mass is 9.85. The molecule has 0 spiro atoms. The molecule has 0 aliphatic heterocycles. The minimum absolute atomic E-state index is 0.279. The summed E-state index contributed by atoms with van der Waals surface area (Å²) in [5.41, 5.74) is 5.83. The summed E-state index contributed by atoms with van der Waals surface area (Å²) >= 11 is 0. The molecule has 0 aromatic rings. The molecule has 1 fully saturated rings. The summed E-state index contributed by atoms with van der Waals surface area (Å²) in [6.45, 7) is 2.26. The van der Waals surface area contributed by atoms with Gasteiger partial charge in [-0.15, -0.1) is 0 Å². The van der Waals surface area contributed by atoms with E-state index in [-0.39, 0.29) is 6.04 Å². The zero-order valence-electron chi connectivity index (χ0n) is 6.84. The highest BCUT2D eigenvalue weighted by Gasteiger charge is 2.25. The molecule has 10 heavy (non-hydrogen) atoms. The standard InChI is InChI=1S/C8H17NO/c1-6-3-4-7(9)8(5-6)10-2/h6-8H,3-5,9H2,1-2H3. The second-order valence-corrected chi connectivity index (χ2v) is 3.36. The number of ether oxygens (including phenoxy) is 1. The molecule has 3 unspecified atom stereocenters. The normalized spacial score (nSPS) is 41.7. The maximum absolute atomic E-state index is 5.83. The first-order valence-corrected chi connectivity index (χ1v) is 4.02. The van der Waals surface area contributed by atoms with Gasteiger partial charge >= 0.3 is 0 Å². The van der Waals surface area contributed by atoms with Crippen LogP contribution in [0.2, 0.25) is 0 Å². The van der Waals surface area contributed by atoms with Crippen molar-refractivity contribution >= 4 is 0 Å². The Balaban J connectivity index is 2.38. The lowest BCUT2D eigenvalue weighted by Crippen LogP contribution is -2.40. The molecule has 0 bridgehead atoms. The molecule has 2 heteroatoms. The van der Waals surface area contributed by atoms with Gasteiger partial charge in [-0.3, -0.25) is 0 Å². The molecule has 0 radical (unpaired) electrons. The van der Waals surface area contributed by atoms with E-state index in [9.17, 15) is 0 Å². The van der Waals surface area contributed by atoms with Crippen LogP contribution in [0, 0.1) is 5.92 Å². The lowest BCUT2D eigenvalue weighted by molar-refractivity contribution is 0.0381. The molecule has 0 aromatic heterocycles.